The number of nitrogens with one attached hydrogen (secondary N) is 1. The second-order valence-electron chi connectivity index (χ2n) is 8.81. The number of nitrogens with zero attached hydrogens (tertiary/aromatic N) is 4. The fourth-order valence-corrected chi connectivity index (χ4v) is 6.80. The van der Waals surface area contributed by atoms with Crippen LogP contribution in [0.25, 0.3) is 0 Å². The number of carbonyl (C=O) groups is 3. The Hall–Kier alpha value is -3.71. The van der Waals surface area contributed by atoms with Gasteiger partial charge in [-0.1, -0.05) is 5.16 Å². The van der Waals surface area contributed by atoms with E-state index in [2.05, 4.69) is 39.2 Å². The molecule has 3 aliphatic rings. The van der Waals surface area contributed by atoms with Gasteiger partial charge in [-0.05, 0) is 25.3 Å². The third kappa shape index (κ3) is 5.55. The van der Waals surface area contributed by atoms with Crippen molar-refractivity contribution in [1.82, 2.24) is 15.2 Å². The number of carbonyl (C=O) groups excluding carboxylic acids is 3. The lowest BCUT2D eigenvalue weighted by Crippen LogP contribution is -2.71. The number of amides is 2. The number of rotatable bonds is 7. The number of methoxy groups -OCH3 is 1. The Labute approximate surface area is 234 Å². The van der Waals surface area contributed by atoms with Crippen LogP contribution in [0.2, 0.25) is 0 Å². The number of ether oxygens (including phenoxy) is 1. The molecule has 206 valence electrons. The van der Waals surface area contributed by atoms with Crippen LogP contribution >= 0.6 is 23.1 Å². The van der Waals surface area contributed by atoms with Gasteiger partial charge in [0.25, 0.3) is 11.8 Å². The van der Waals surface area contributed by atoms with Crippen LogP contribution in [0.5, 0.6) is 0 Å². The topological polar surface area (TPSA) is 140 Å². The van der Waals surface area contributed by atoms with Crippen LogP contribution in [-0.4, -0.2) is 64.8 Å². The Kier molecular flexibility index (Phi) is 9.02. The van der Waals surface area contributed by atoms with E-state index in [-0.39, 0.29) is 22.2 Å². The number of hydrogen-bond acceptors (Lipinski definition) is 10. The Morgan fingerprint density at radius 2 is 2.08 bits per heavy atom. The number of thioether (sulfide) groups is 1. The molecule has 1 saturated heterocycles. The molecule has 2 aliphatic heterocycles. The molecule has 1 aliphatic carbocycles. The zero-order chi connectivity index (χ0) is 28.1. The van der Waals surface area contributed by atoms with Crippen LogP contribution in [0.3, 0.4) is 0 Å². The first-order valence-electron chi connectivity index (χ1n) is 12.3. The number of aromatic nitrogens is 2. The predicted molar refractivity (Wildman–Crippen MR) is 149 cm³/mol. The Balaban J connectivity index is 0.00000172. The summed E-state index contributed by atoms with van der Waals surface area (Å²) in [5, 5.41) is 7.91. The maximum Gasteiger partial charge on any atom is 0.355 e. The number of fused-ring (bicyclic) bond motifs is 2. The molecule has 2 aromatic rings. The van der Waals surface area contributed by atoms with E-state index in [1.165, 1.54) is 48.6 Å². The standard InChI is InChI=1S/C24H26N6O5S2.C2H4/c1-34-23(33)19-14(10-29-9-5-7-13-6-3-4-8-16(13)29)11-36-22-18(21(32)30(19)22)27-20(31)17(28-35-2)15-12-37-24(25)26-15;1-2/h5,7,9,12,18,22H,3-4,6,8,10-11H2,1-2H3,(H2-,25,26,27,31);1-2H2/p+1/b28-17+;. The summed E-state index contributed by atoms with van der Waals surface area (Å²) in [4.78, 5) is 49.4. The van der Waals surface area contributed by atoms with Gasteiger partial charge in [0.05, 0.1) is 7.11 Å². The molecule has 2 amide bonds. The van der Waals surface area contributed by atoms with E-state index >= 15 is 0 Å². The van der Waals surface area contributed by atoms with E-state index in [4.69, 9.17) is 15.3 Å². The van der Waals surface area contributed by atoms with Crippen molar-refractivity contribution in [3.05, 3.63) is 65.1 Å². The lowest BCUT2D eigenvalue weighted by molar-refractivity contribution is -0.697. The van der Waals surface area contributed by atoms with Crippen molar-refractivity contribution < 1.29 is 28.5 Å². The highest BCUT2D eigenvalue weighted by Gasteiger charge is 2.55. The quantitative estimate of drug-likeness (QED) is 0.128. The third-order valence-corrected chi connectivity index (χ3v) is 8.64. The first-order chi connectivity index (χ1) is 18.9. The number of hydrogen-bond donors (Lipinski definition) is 2. The van der Waals surface area contributed by atoms with Gasteiger partial charge in [-0.15, -0.1) is 36.3 Å². The smallest absolute Gasteiger partial charge is 0.355 e. The summed E-state index contributed by atoms with van der Waals surface area (Å²) in [5.41, 5.74) is 9.52. The van der Waals surface area contributed by atoms with E-state index in [1.54, 1.807) is 5.38 Å². The Morgan fingerprint density at radius 1 is 1.31 bits per heavy atom. The fourth-order valence-electron chi connectivity index (χ4n) is 4.92. The molecule has 2 unspecified atom stereocenters. The summed E-state index contributed by atoms with van der Waals surface area (Å²) in [6, 6.07) is 3.34. The molecule has 0 bridgehead atoms. The van der Waals surface area contributed by atoms with Crippen molar-refractivity contribution in [3.8, 4) is 0 Å². The molecule has 0 radical (unpaired) electrons. The van der Waals surface area contributed by atoms with Crippen molar-refractivity contribution in [3.63, 3.8) is 0 Å². The molecule has 2 atom stereocenters. The zero-order valence-corrected chi connectivity index (χ0v) is 23.5. The van der Waals surface area contributed by atoms with Gasteiger partial charge in [0, 0.05) is 34.8 Å². The van der Waals surface area contributed by atoms with Crippen LogP contribution in [0.4, 0.5) is 5.13 Å². The van der Waals surface area contributed by atoms with Crippen LogP contribution in [0.1, 0.15) is 29.8 Å². The molecule has 3 N–H and O–H groups in total. The molecular weight excluding hydrogens is 540 g/mol. The summed E-state index contributed by atoms with van der Waals surface area (Å²) in [7, 11) is 2.62. The number of oxime groups is 1. The van der Waals surface area contributed by atoms with Crippen LogP contribution < -0.4 is 15.6 Å². The largest absolute Gasteiger partial charge is 0.464 e. The summed E-state index contributed by atoms with van der Waals surface area (Å²) in [6.45, 7) is 6.49. The van der Waals surface area contributed by atoms with E-state index < -0.39 is 29.2 Å². The molecule has 5 rings (SSSR count). The van der Waals surface area contributed by atoms with Gasteiger partial charge in [-0.25, -0.2) is 9.78 Å². The Morgan fingerprint density at radius 3 is 2.77 bits per heavy atom. The van der Waals surface area contributed by atoms with E-state index in [0.29, 0.717) is 12.3 Å². The average Bonchev–Trinajstić information content (AvgIpc) is 3.40. The monoisotopic (exact) mass is 571 g/mol. The van der Waals surface area contributed by atoms with Crippen molar-refractivity contribution in [2.24, 2.45) is 5.16 Å². The minimum absolute atomic E-state index is 0.0859. The molecule has 0 aromatic carbocycles. The molecule has 13 heteroatoms. The predicted octanol–water partition coefficient (Wildman–Crippen LogP) is 1.57. The molecule has 1 fully saturated rings. The number of thiazole rings is 1. The number of nitrogen functional groups attached to an aromatic ring is 1. The Bertz CT molecular complexity index is 1340. The minimum Gasteiger partial charge on any atom is -0.464 e. The molecular formula is C26H31N6O5S2+. The minimum atomic E-state index is -0.839. The summed E-state index contributed by atoms with van der Waals surface area (Å²) >= 11 is 2.66. The molecule has 4 heterocycles. The van der Waals surface area contributed by atoms with Crippen LogP contribution in [-0.2, 0) is 43.3 Å². The third-order valence-electron chi connectivity index (χ3n) is 6.63. The number of β-lactam (4-membered cyclic amide) rings is 1. The van der Waals surface area contributed by atoms with Crippen molar-refractivity contribution in [1.29, 1.82) is 0 Å². The average molecular weight is 572 g/mol. The van der Waals surface area contributed by atoms with Crippen molar-refractivity contribution in [2.75, 3.05) is 25.7 Å². The lowest BCUT2D eigenvalue weighted by atomic mass is 9.95. The number of aryl methyl sites for hydroxylation is 1. The summed E-state index contributed by atoms with van der Waals surface area (Å²) in [6.07, 6.45) is 6.35. The normalized spacial score (nSPS) is 20.1. The number of nitrogens with two attached hydrogens (primary N) is 1. The van der Waals surface area contributed by atoms with E-state index in [0.717, 1.165) is 36.2 Å². The van der Waals surface area contributed by atoms with Gasteiger partial charge in [0.15, 0.2) is 29.3 Å². The lowest BCUT2D eigenvalue weighted by Gasteiger charge is -2.49. The molecule has 0 saturated carbocycles. The van der Waals surface area contributed by atoms with Gasteiger partial charge in [0.1, 0.15) is 29.9 Å². The zero-order valence-electron chi connectivity index (χ0n) is 21.8. The maximum absolute atomic E-state index is 13.3. The summed E-state index contributed by atoms with van der Waals surface area (Å²) < 4.78 is 7.24. The molecule has 2 aromatic heterocycles. The van der Waals surface area contributed by atoms with Crippen LogP contribution in [0, 0.1) is 0 Å². The SMILES string of the molecule is C=C.CO/N=C(/C(=O)NC1C(=O)N2C(C(=O)OC)=C(C[n+]3cccc4c3CCCC4)CSC12)c1csc(N)n1. The van der Waals surface area contributed by atoms with Crippen molar-refractivity contribution >= 4 is 51.7 Å². The number of esters is 1. The maximum atomic E-state index is 13.3. The van der Waals surface area contributed by atoms with Crippen molar-refractivity contribution in [2.45, 2.75) is 43.6 Å². The first-order valence-corrected chi connectivity index (χ1v) is 14.2. The van der Waals surface area contributed by atoms with E-state index in [9.17, 15) is 14.4 Å². The summed E-state index contributed by atoms with van der Waals surface area (Å²) in [5.74, 6) is -1.06. The van der Waals surface area contributed by atoms with Gasteiger partial charge in [-0.3, -0.25) is 14.5 Å². The second kappa shape index (κ2) is 12.4. The van der Waals surface area contributed by atoms with Gasteiger partial charge < -0.3 is 20.6 Å². The number of anilines is 1. The van der Waals surface area contributed by atoms with Gasteiger partial charge >= 0.3 is 5.97 Å². The second-order valence-corrected chi connectivity index (χ2v) is 10.8. The highest BCUT2D eigenvalue weighted by atomic mass is 32.2. The molecule has 39 heavy (non-hydrogen) atoms. The first kappa shape index (κ1) is 28.3. The highest BCUT2D eigenvalue weighted by molar-refractivity contribution is 8.00. The van der Waals surface area contributed by atoms with E-state index in [1.807, 2.05) is 12.3 Å². The highest BCUT2D eigenvalue weighted by Crippen LogP contribution is 2.41. The van der Waals surface area contributed by atoms with Gasteiger partial charge in [0.2, 0.25) is 0 Å². The van der Waals surface area contributed by atoms with Gasteiger partial charge in [-0.2, -0.15) is 4.57 Å². The van der Waals surface area contributed by atoms with Crippen LogP contribution in [0.15, 0.2) is 53.3 Å². The molecule has 0 spiro atoms. The fraction of sp³-hybridized carbons (Fsp3) is 0.385. The molecule has 11 nitrogen and oxygen atoms in total. The number of pyridine rings is 1.